The Hall–Kier alpha value is -0.870. The number of H-pyrrole nitrogens is 2. The van der Waals surface area contributed by atoms with Crippen LogP contribution in [0, 0.1) is 10.7 Å². The second-order valence-electron chi connectivity index (χ2n) is 4.14. The molecule has 1 atom stereocenters. The molecule has 0 saturated carbocycles. The van der Waals surface area contributed by atoms with E-state index in [0.29, 0.717) is 10.7 Å². The lowest BCUT2D eigenvalue weighted by atomic mass is 9.86. The number of allylic oxidation sites excluding steroid dienone is 1. The number of aliphatic hydroxyl groups excluding tert-OH is 1. The lowest BCUT2D eigenvalue weighted by molar-refractivity contribution is 0.310. The predicted octanol–water partition coefficient (Wildman–Crippen LogP) is 2.33. The highest BCUT2D eigenvalue weighted by Crippen LogP contribution is 2.26. The molecule has 1 aromatic rings. The third-order valence-electron chi connectivity index (χ3n) is 2.92. The van der Waals surface area contributed by atoms with E-state index in [1.807, 2.05) is 6.20 Å². The molecule has 0 aromatic carbocycles. The first-order valence-corrected chi connectivity index (χ1v) is 5.74. The molecule has 1 heterocycles. The van der Waals surface area contributed by atoms with Crippen molar-refractivity contribution in [2.45, 2.75) is 25.7 Å². The Labute approximate surface area is 94.2 Å². The van der Waals surface area contributed by atoms with Gasteiger partial charge in [0.05, 0.1) is 6.61 Å². The Morgan fingerprint density at radius 2 is 2.40 bits per heavy atom. The molecule has 0 spiro atoms. The van der Waals surface area contributed by atoms with Gasteiger partial charge in [-0.05, 0) is 49.4 Å². The van der Waals surface area contributed by atoms with Crippen LogP contribution in [0.4, 0.5) is 0 Å². The molecule has 1 aromatic heterocycles. The van der Waals surface area contributed by atoms with Crippen molar-refractivity contribution in [1.29, 1.82) is 0 Å². The number of hydrogen-bond donors (Lipinski definition) is 3. The van der Waals surface area contributed by atoms with Crippen molar-refractivity contribution in [2.75, 3.05) is 6.61 Å². The fourth-order valence-electron chi connectivity index (χ4n) is 2.17. The molecule has 0 radical (unpaired) electrons. The van der Waals surface area contributed by atoms with Crippen LogP contribution in [0.15, 0.2) is 17.8 Å². The van der Waals surface area contributed by atoms with Gasteiger partial charge in [0.25, 0.3) is 0 Å². The van der Waals surface area contributed by atoms with Gasteiger partial charge in [0.15, 0.2) is 4.77 Å². The fourth-order valence-corrected chi connectivity index (χ4v) is 2.36. The molecule has 82 valence electrons. The standard InChI is InChI=1S/C11H16N2OS/c14-7-9-3-1-2-8(4-9)5-10-6-12-11(15)13-10/h3,6,8,14H,1-2,4-5,7H2,(H2,12,13,15)/t8-/m1/s1. The van der Waals surface area contributed by atoms with Crippen molar-refractivity contribution in [3.8, 4) is 0 Å². The van der Waals surface area contributed by atoms with Gasteiger partial charge < -0.3 is 15.1 Å². The maximum absolute atomic E-state index is 9.08. The highest BCUT2D eigenvalue weighted by molar-refractivity contribution is 7.71. The molecular formula is C11H16N2OS. The van der Waals surface area contributed by atoms with Crippen molar-refractivity contribution in [3.63, 3.8) is 0 Å². The van der Waals surface area contributed by atoms with Crippen LogP contribution in [0.3, 0.4) is 0 Å². The van der Waals surface area contributed by atoms with Crippen LogP contribution in [0.1, 0.15) is 25.0 Å². The van der Waals surface area contributed by atoms with Crippen LogP contribution >= 0.6 is 12.2 Å². The number of aromatic amines is 2. The molecule has 3 nitrogen and oxygen atoms in total. The largest absolute Gasteiger partial charge is 0.392 e. The van der Waals surface area contributed by atoms with E-state index in [9.17, 15) is 0 Å². The Morgan fingerprint density at radius 1 is 1.53 bits per heavy atom. The van der Waals surface area contributed by atoms with Crippen molar-refractivity contribution in [1.82, 2.24) is 9.97 Å². The smallest absolute Gasteiger partial charge is 0.174 e. The summed E-state index contributed by atoms with van der Waals surface area (Å²) in [5, 5.41) is 9.08. The van der Waals surface area contributed by atoms with Crippen molar-refractivity contribution >= 4 is 12.2 Å². The molecular weight excluding hydrogens is 208 g/mol. The second kappa shape index (κ2) is 4.77. The Morgan fingerprint density at radius 3 is 3.07 bits per heavy atom. The lowest BCUT2D eigenvalue weighted by Gasteiger charge is -2.21. The first kappa shape index (κ1) is 10.6. The Kier molecular flexibility index (Phi) is 3.38. The molecule has 0 fully saturated rings. The van der Waals surface area contributed by atoms with E-state index >= 15 is 0 Å². The second-order valence-corrected chi connectivity index (χ2v) is 4.55. The van der Waals surface area contributed by atoms with Crippen molar-refractivity contribution < 1.29 is 5.11 Å². The Balaban J connectivity index is 1.96. The minimum absolute atomic E-state index is 0.208. The van der Waals surface area contributed by atoms with E-state index in [-0.39, 0.29) is 6.61 Å². The van der Waals surface area contributed by atoms with E-state index in [1.54, 1.807) is 0 Å². The molecule has 0 aliphatic heterocycles. The van der Waals surface area contributed by atoms with Gasteiger partial charge in [-0.15, -0.1) is 0 Å². The summed E-state index contributed by atoms with van der Waals surface area (Å²) in [5.74, 6) is 0.638. The summed E-state index contributed by atoms with van der Waals surface area (Å²) < 4.78 is 0.693. The maximum Gasteiger partial charge on any atom is 0.174 e. The predicted molar refractivity (Wildman–Crippen MR) is 62.2 cm³/mol. The van der Waals surface area contributed by atoms with Crippen molar-refractivity contribution in [3.05, 3.63) is 28.3 Å². The summed E-state index contributed by atoms with van der Waals surface area (Å²) >= 11 is 4.98. The quantitative estimate of drug-likeness (QED) is 0.545. The van der Waals surface area contributed by atoms with Crippen LogP contribution in [-0.4, -0.2) is 21.7 Å². The van der Waals surface area contributed by atoms with Gasteiger partial charge in [0, 0.05) is 11.9 Å². The molecule has 4 heteroatoms. The first-order chi connectivity index (χ1) is 7.28. The van der Waals surface area contributed by atoms with E-state index in [0.717, 1.165) is 19.3 Å². The Bertz CT molecular complexity index is 405. The van der Waals surface area contributed by atoms with Gasteiger partial charge in [-0.1, -0.05) is 6.08 Å². The number of rotatable bonds is 3. The summed E-state index contributed by atoms with van der Waals surface area (Å²) in [4.78, 5) is 6.11. The van der Waals surface area contributed by atoms with Crippen LogP contribution < -0.4 is 0 Å². The number of aromatic nitrogens is 2. The number of aliphatic hydroxyl groups is 1. The summed E-state index contributed by atoms with van der Waals surface area (Å²) in [7, 11) is 0. The molecule has 0 saturated heterocycles. The minimum atomic E-state index is 0.208. The van der Waals surface area contributed by atoms with Gasteiger partial charge in [0.1, 0.15) is 0 Å². The van der Waals surface area contributed by atoms with Gasteiger partial charge in [-0.3, -0.25) is 0 Å². The summed E-state index contributed by atoms with van der Waals surface area (Å²) in [6.45, 7) is 0.208. The van der Waals surface area contributed by atoms with Crippen LogP contribution in [0.2, 0.25) is 0 Å². The van der Waals surface area contributed by atoms with E-state index in [4.69, 9.17) is 17.3 Å². The highest BCUT2D eigenvalue weighted by Gasteiger charge is 2.15. The highest BCUT2D eigenvalue weighted by atomic mass is 32.1. The van der Waals surface area contributed by atoms with Gasteiger partial charge >= 0.3 is 0 Å². The normalized spacial score (nSPS) is 21.4. The van der Waals surface area contributed by atoms with Gasteiger partial charge in [0.2, 0.25) is 0 Å². The third kappa shape index (κ3) is 2.79. The number of imidazole rings is 1. The summed E-state index contributed by atoms with van der Waals surface area (Å²) in [5.41, 5.74) is 2.35. The molecule has 0 bridgehead atoms. The summed E-state index contributed by atoms with van der Waals surface area (Å²) in [6.07, 6.45) is 8.43. The van der Waals surface area contributed by atoms with E-state index < -0.39 is 0 Å². The van der Waals surface area contributed by atoms with Crippen LogP contribution in [-0.2, 0) is 6.42 Å². The van der Waals surface area contributed by atoms with E-state index in [1.165, 1.54) is 17.7 Å². The van der Waals surface area contributed by atoms with Crippen LogP contribution in [0.5, 0.6) is 0 Å². The fraction of sp³-hybridized carbons (Fsp3) is 0.545. The SMILES string of the molecule is OCC1=CCC[C@@H](Cc2c[nH]c(=S)[nH]2)C1. The number of nitrogens with one attached hydrogen (secondary N) is 2. The first-order valence-electron chi connectivity index (χ1n) is 5.33. The average Bonchev–Trinajstić information content (AvgIpc) is 2.64. The monoisotopic (exact) mass is 224 g/mol. The van der Waals surface area contributed by atoms with Crippen molar-refractivity contribution in [2.24, 2.45) is 5.92 Å². The molecule has 15 heavy (non-hydrogen) atoms. The van der Waals surface area contributed by atoms with E-state index in [2.05, 4.69) is 16.0 Å². The molecule has 0 amide bonds. The summed E-state index contributed by atoms with van der Waals surface area (Å²) in [6, 6.07) is 0. The molecule has 0 unspecified atom stereocenters. The molecule has 1 aliphatic carbocycles. The zero-order chi connectivity index (χ0) is 10.7. The molecule has 3 N–H and O–H groups in total. The third-order valence-corrected chi connectivity index (χ3v) is 3.14. The minimum Gasteiger partial charge on any atom is -0.392 e. The lowest BCUT2D eigenvalue weighted by Crippen LogP contribution is -2.11. The zero-order valence-corrected chi connectivity index (χ0v) is 9.44. The molecule has 2 rings (SSSR count). The maximum atomic E-state index is 9.08. The van der Waals surface area contributed by atoms with Gasteiger partial charge in [-0.25, -0.2) is 0 Å². The molecule has 1 aliphatic rings. The topological polar surface area (TPSA) is 51.8 Å². The van der Waals surface area contributed by atoms with Gasteiger partial charge in [-0.2, -0.15) is 0 Å². The zero-order valence-electron chi connectivity index (χ0n) is 8.62. The number of hydrogen-bond acceptors (Lipinski definition) is 2. The average molecular weight is 224 g/mol. The van der Waals surface area contributed by atoms with Crippen LogP contribution in [0.25, 0.3) is 0 Å².